The summed E-state index contributed by atoms with van der Waals surface area (Å²) in [4.78, 5) is 11.5. The summed E-state index contributed by atoms with van der Waals surface area (Å²) >= 11 is 0. The topological polar surface area (TPSA) is 54.3 Å². The van der Waals surface area contributed by atoms with Crippen LogP contribution < -0.4 is 10.6 Å². The summed E-state index contributed by atoms with van der Waals surface area (Å²) in [5.41, 5.74) is 0. The third-order valence-corrected chi connectivity index (χ3v) is 2.11. The Morgan fingerprint density at radius 3 is 3.00 bits per heavy atom. The molecule has 0 aromatic carbocycles. The van der Waals surface area contributed by atoms with Crippen molar-refractivity contribution in [3.63, 3.8) is 0 Å². The van der Waals surface area contributed by atoms with E-state index >= 15 is 0 Å². The summed E-state index contributed by atoms with van der Waals surface area (Å²) in [6.07, 6.45) is 2.62. The average molecular weight is 210 g/mol. The van der Waals surface area contributed by atoms with Crippen molar-refractivity contribution >= 4 is 5.91 Å². The molecule has 0 aliphatic carbocycles. The van der Waals surface area contributed by atoms with Gasteiger partial charge in [-0.15, -0.1) is 0 Å². The molecule has 15 heavy (non-hydrogen) atoms. The second-order valence-electron chi connectivity index (χ2n) is 3.47. The molecule has 0 bridgehead atoms. The Bertz CT molecular complexity index is 283. The first-order valence-electron chi connectivity index (χ1n) is 5.27. The van der Waals surface area contributed by atoms with E-state index in [4.69, 9.17) is 4.42 Å². The van der Waals surface area contributed by atoms with Gasteiger partial charge in [-0.25, -0.2) is 0 Å². The molecule has 4 heteroatoms. The predicted octanol–water partition coefficient (Wildman–Crippen LogP) is 1.28. The minimum Gasteiger partial charge on any atom is -0.467 e. The fraction of sp³-hybridized carbons (Fsp3) is 0.545. The number of hydrogen-bond acceptors (Lipinski definition) is 3. The van der Waals surface area contributed by atoms with Gasteiger partial charge in [0.15, 0.2) is 0 Å². The van der Waals surface area contributed by atoms with Crippen LogP contribution in [0.4, 0.5) is 0 Å². The Morgan fingerprint density at radius 2 is 2.40 bits per heavy atom. The minimum atomic E-state index is -0.153. The van der Waals surface area contributed by atoms with Gasteiger partial charge in [-0.3, -0.25) is 4.79 Å². The highest BCUT2D eigenvalue weighted by molar-refractivity contribution is 5.81. The summed E-state index contributed by atoms with van der Waals surface area (Å²) < 4.78 is 5.11. The molecule has 84 valence electrons. The van der Waals surface area contributed by atoms with Crippen molar-refractivity contribution in [2.45, 2.75) is 32.9 Å². The molecule has 0 radical (unpaired) electrons. The molecule has 0 aliphatic heterocycles. The molecule has 4 nitrogen and oxygen atoms in total. The number of rotatable bonds is 6. The molecule has 1 aromatic heterocycles. The largest absolute Gasteiger partial charge is 0.467 e. The fourth-order valence-corrected chi connectivity index (χ4v) is 1.19. The number of amides is 1. The van der Waals surface area contributed by atoms with Crippen molar-refractivity contribution in [3.05, 3.63) is 24.2 Å². The lowest BCUT2D eigenvalue weighted by Crippen LogP contribution is -2.42. The SMILES string of the molecule is CCCNC(C)C(=O)NCc1ccco1. The molecule has 1 atom stereocenters. The Labute approximate surface area is 90.0 Å². The summed E-state index contributed by atoms with van der Waals surface area (Å²) in [6.45, 7) is 5.23. The molecule has 1 rings (SSSR count). The molecule has 0 saturated heterocycles. The van der Waals surface area contributed by atoms with Gasteiger partial charge in [0.25, 0.3) is 0 Å². The molecular weight excluding hydrogens is 192 g/mol. The maximum absolute atomic E-state index is 11.5. The summed E-state index contributed by atoms with van der Waals surface area (Å²) in [5.74, 6) is 0.769. The van der Waals surface area contributed by atoms with E-state index in [1.54, 1.807) is 12.3 Å². The molecule has 0 saturated carbocycles. The first kappa shape index (κ1) is 11.8. The summed E-state index contributed by atoms with van der Waals surface area (Å²) in [7, 11) is 0. The van der Waals surface area contributed by atoms with E-state index in [2.05, 4.69) is 17.6 Å². The van der Waals surface area contributed by atoms with Crippen LogP contribution in [-0.2, 0) is 11.3 Å². The third kappa shape index (κ3) is 4.16. The third-order valence-electron chi connectivity index (χ3n) is 2.11. The lowest BCUT2D eigenvalue weighted by molar-refractivity contribution is -0.123. The second-order valence-corrected chi connectivity index (χ2v) is 3.47. The van der Waals surface area contributed by atoms with Gasteiger partial charge in [-0.1, -0.05) is 6.92 Å². The number of furan rings is 1. The monoisotopic (exact) mass is 210 g/mol. The van der Waals surface area contributed by atoms with Crippen LogP contribution in [0.25, 0.3) is 0 Å². The lowest BCUT2D eigenvalue weighted by atomic mass is 10.3. The Balaban J connectivity index is 2.23. The van der Waals surface area contributed by atoms with E-state index in [9.17, 15) is 4.79 Å². The number of hydrogen-bond donors (Lipinski definition) is 2. The lowest BCUT2D eigenvalue weighted by Gasteiger charge is -2.12. The van der Waals surface area contributed by atoms with Crippen molar-refractivity contribution in [1.29, 1.82) is 0 Å². The van der Waals surface area contributed by atoms with E-state index in [1.807, 2.05) is 13.0 Å². The first-order chi connectivity index (χ1) is 7.24. The molecule has 1 aromatic rings. The highest BCUT2D eigenvalue weighted by Crippen LogP contribution is 1.98. The minimum absolute atomic E-state index is 0.000139. The van der Waals surface area contributed by atoms with E-state index < -0.39 is 0 Å². The van der Waals surface area contributed by atoms with Crippen molar-refractivity contribution in [3.8, 4) is 0 Å². The van der Waals surface area contributed by atoms with Crippen molar-refractivity contribution < 1.29 is 9.21 Å². The zero-order chi connectivity index (χ0) is 11.1. The van der Waals surface area contributed by atoms with E-state index in [1.165, 1.54) is 0 Å². The zero-order valence-electron chi connectivity index (χ0n) is 9.25. The maximum atomic E-state index is 11.5. The quantitative estimate of drug-likeness (QED) is 0.743. The van der Waals surface area contributed by atoms with Gasteiger partial charge < -0.3 is 15.1 Å². The average Bonchev–Trinajstić information content (AvgIpc) is 2.75. The zero-order valence-corrected chi connectivity index (χ0v) is 9.25. The highest BCUT2D eigenvalue weighted by atomic mass is 16.3. The van der Waals surface area contributed by atoms with Crippen LogP contribution >= 0.6 is 0 Å². The molecular formula is C11H18N2O2. The number of nitrogens with one attached hydrogen (secondary N) is 2. The predicted molar refractivity (Wildman–Crippen MR) is 58.3 cm³/mol. The molecule has 0 spiro atoms. The Hall–Kier alpha value is -1.29. The van der Waals surface area contributed by atoms with Gasteiger partial charge in [0.05, 0.1) is 18.8 Å². The van der Waals surface area contributed by atoms with Crippen LogP contribution in [0.15, 0.2) is 22.8 Å². The first-order valence-corrected chi connectivity index (χ1v) is 5.27. The van der Waals surface area contributed by atoms with Crippen molar-refractivity contribution in [1.82, 2.24) is 10.6 Å². The van der Waals surface area contributed by atoms with Crippen LogP contribution in [0, 0.1) is 0 Å². The molecule has 2 N–H and O–H groups in total. The van der Waals surface area contributed by atoms with Gasteiger partial charge in [-0.2, -0.15) is 0 Å². The van der Waals surface area contributed by atoms with E-state index in [0.29, 0.717) is 6.54 Å². The van der Waals surface area contributed by atoms with Gasteiger partial charge in [0.1, 0.15) is 5.76 Å². The van der Waals surface area contributed by atoms with Crippen molar-refractivity contribution in [2.24, 2.45) is 0 Å². The smallest absolute Gasteiger partial charge is 0.237 e. The molecule has 1 heterocycles. The normalized spacial score (nSPS) is 12.4. The van der Waals surface area contributed by atoms with Gasteiger partial charge in [0, 0.05) is 0 Å². The van der Waals surface area contributed by atoms with Crippen LogP contribution in [0.3, 0.4) is 0 Å². The maximum Gasteiger partial charge on any atom is 0.237 e. The standard InChI is InChI=1S/C11H18N2O2/c1-3-6-12-9(2)11(14)13-8-10-5-4-7-15-10/h4-5,7,9,12H,3,6,8H2,1-2H3,(H,13,14). The number of carbonyl (C=O) groups is 1. The van der Waals surface area contributed by atoms with Gasteiger partial charge in [0.2, 0.25) is 5.91 Å². The summed E-state index contributed by atoms with van der Waals surface area (Å²) in [5, 5.41) is 5.92. The molecule has 1 unspecified atom stereocenters. The Morgan fingerprint density at radius 1 is 1.60 bits per heavy atom. The number of carbonyl (C=O) groups excluding carboxylic acids is 1. The van der Waals surface area contributed by atoms with Crippen LogP contribution in [-0.4, -0.2) is 18.5 Å². The fourth-order valence-electron chi connectivity index (χ4n) is 1.19. The van der Waals surface area contributed by atoms with Crippen molar-refractivity contribution in [2.75, 3.05) is 6.54 Å². The van der Waals surface area contributed by atoms with Gasteiger partial charge in [-0.05, 0) is 32.0 Å². The highest BCUT2D eigenvalue weighted by Gasteiger charge is 2.10. The van der Waals surface area contributed by atoms with E-state index in [-0.39, 0.29) is 11.9 Å². The van der Waals surface area contributed by atoms with E-state index in [0.717, 1.165) is 18.7 Å². The van der Waals surface area contributed by atoms with Crippen LogP contribution in [0.5, 0.6) is 0 Å². The molecule has 0 fully saturated rings. The molecule has 0 aliphatic rings. The van der Waals surface area contributed by atoms with Gasteiger partial charge >= 0.3 is 0 Å². The molecule has 1 amide bonds. The summed E-state index contributed by atoms with van der Waals surface area (Å²) in [6, 6.07) is 3.49. The van der Waals surface area contributed by atoms with Crippen LogP contribution in [0.2, 0.25) is 0 Å². The van der Waals surface area contributed by atoms with Crippen LogP contribution in [0.1, 0.15) is 26.0 Å². The second kappa shape index (κ2) is 6.24. The Kier molecular flexibility index (Phi) is 4.90.